The lowest BCUT2D eigenvalue weighted by Gasteiger charge is -2.09. The van der Waals surface area contributed by atoms with Gasteiger partial charge in [-0.25, -0.2) is 5.43 Å². The number of hydrogen-bond donors (Lipinski definition) is 2. The molecule has 27 heavy (non-hydrogen) atoms. The zero-order valence-corrected chi connectivity index (χ0v) is 16.2. The Balaban J connectivity index is 2.01. The lowest BCUT2D eigenvalue weighted by Crippen LogP contribution is -2.26. The molecule has 2 aromatic rings. The van der Waals surface area contributed by atoms with E-state index < -0.39 is 11.9 Å². The molecule has 142 valence electrons. The molecular formula is C18H15Cl3N2O4. The molecule has 2 N–H and O–H groups in total. The number of carbonyl (C=O) groups excluding carboxylic acids is 1. The normalized spacial score (nSPS) is 11.1. The van der Waals surface area contributed by atoms with Crippen molar-refractivity contribution in [2.45, 2.75) is 12.8 Å². The van der Waals surface area contributed by atoms with Gasteiger partial charge in [-0.2, -0.15) is 5.10 Å². The molecule has 0 aromatic heterocycles. The van der Waals surface area contributed by atoms with Gasteiger partial charge in [0.25, 0.3) is 5.91 Å². The third kappa shape index (κ3) is 6.75. The summed E-state index contributed by atoms with van der Waals surface area (Å²) in [6.45, 7) is -0.359. The van der Waals surface area contributed by atoms with Crippen LogP contribution in [0.15, 0.2) is 47.6 Å². The number of carbonyl (C=O) groups is 2. The minimum atomic E-state index is -0.956. The number of hydrazone groups is 1. The van der Waals surface area contributed by atoms with Crippen LogP contribution in [-0.4, -0.2) is 29.3 Å². The molecule has 2 aromatic carbocycles. The largest absolute Gasteiger partial charge is 0.482 e. The summed E-state index contributed by atoms with van der Waals surface area (Å²) in [6, 6.07) is 11.8. The first-order valence-corrected chi connectivity index (χ1v) is 8.90. The number of nitrogens with one attached hydrogen (secondary N) is 1. The van der Waals surface area contributed by atoms with Gasteiger partial charge in [0, 0.05) is 12.5 Å². The summed E-state index contributed by atoms with van der Waals surface area (Å²) in [5.74, 6) is -1.29. The quantitative estimate of drug-likeness (QED) is 0.369. The zero-order chi connectivity index (χ0) is 19.8. The van der Waals surface area contributed by atoms with Crippen molar-refractivity contribution in [2.75, 3.05) is 6.61 Å². The molecule has 0 aliphatic carbocycles. The van der Waals surface area contributed by atoms with Crippen LogP contribution in [0.5, 0.6) is 5.75 Å². The minimum Gasteiger partial charge on any atom is -0.482 e. The number of hydrogen-bond acceptors (Lipinski definition) is 4. The lowest BCUT2D eigenvalue weighted by atomic mass is 10.1. The second-order valence-electron chi connectivity index (χ2n) is 5.34. The van der Waals surface area contributed by atoms with Crippen molar-refractivity contribution >= 4 is 52.4 Å². The topological polar surface area (TPSA) is 88.0 Å². The van der Waals surface area contributed by atoms with Crippen LogP contribution >= 0.6 is 34.8 Å². The fourth-order valence-electron chi connectivity index (χ4n) is 2.04. The third-order valence-electron chi connectivity index (χ3n) is 3.33. The molecule has 0 unspecified atom stereocenters. The molecular weight excluding hydrogens is 415 g/mol. The maximum atomic E-state index is 12.0. The van der Waals surface area contributed by atoms with E-state index in [0.717, 1.165) is 0 Å². The van der Waals surface area contributed by atoms with Crippen LogP contribution in [0.1, 0.15) is 18.4 Å². The number of carboxylic acid groups (broad SMARTS) is 1. The summed E-state index contributed by atoms with van der Waals surface area (Å²) in [5, 5.41) is 13.6. The van der Waals surface area contributed by atoms with Gasteiger partial charge in [0.05, 0.1) is 27.2 Å². The number of amides is 1. The van der Waals surface area contributed by atoms with Crippen LogP contribution in [0.2, 0.25) is 15.1 Å². The second kappa shape index (κ2) is 10.2. The van der Waals surface area contributed by atoms with Crippen LogP contribution in [0.4, 0.5) is 0 Å². The fraction of sp³-hybridized carbons (Fsp3) is 0.167. The van der Waals surface area contributed by atoms with Crippen molar-refractivity contribution in [3.05, 3.63) is 63.1 Å². The number of benzene rings is 2. The highest BCUT2D eigenvalue weighted by atomic mass is 35.5. The van der Waals surface area contributed by atoms with Gasteiger partial charge < -0.3 is 9.84 Å². The highest BCUT2D eigenvalue weighted by Gasteiger charge is 2.11. The summed E-state index contributed by atoms with van der Waals surface area (Å²) in [6.07, 6.45) is 0.0537. The van der Waals surface area contributed by atoms with E-state index in [4.69, 9.17) is 44.6 Å². The molecule has 6 nitrogen and oxygen atoms in total. The maximum absolute atomic E-state index is 12.0. The molecule has 0 aliphatic heterocycles. The van der Waals surface area contributed by atoms with E-state index in [-0.39, 0.29) is 40.3 Å². The van der Waals surface area contributed by atoms with Crippen LogP contribution in [0, 0.1) is 0 Å². The third-order valence-corrected chi connectivity index (χ3v) is 4.35. The van der Waals surface area contributed by atoms with Gasteiger partial charge in [-0.3, -0.25) is 9.59 Å². The van der Waals surface area contributed by atoms with Crippen LogP contribution in [-0.2, 0) is 9.59 Å². The van der Waals surface area contributed by atoms with E-state index in [1.54, 1.807) is 24.3 Å². The van der Waals surface area contributed by atoms with Crippen molar-refractivity contribution in [3.63, 3.8) is 0 Å². The molecule has 0 atom stereocenters. The first-order valence-electron chi connectivity index (χ1n) is 7.76. The average molecular weight is 430 g/mol. The van der Waals surface area contributed by atoms with Crippen LogP contribution in [0.3, 0.4) is 0 Å². The van der Waals surface area contributed by atoms with Crippen molar-refractivity contribution in [1.82, 2.24) is 5.43 Å². The van der Waals surface area contributed by atoms with E-state index in [1.165, 1.54) is 12.1 Å². The van der Waals surface area contributed by atoms with E-state index in [9.17, 15) is 9.59 Å². The molecule has 9 heteroatoms. The first-order chi connectivity index (χ1) is 12.9. The molecule has 1 amide bonds. The van der Waals surface area contributed by atoms with Crippen LogP contribution in [0.25, 0.3) is 0 Å². The molecule has 0 fully saturated rings. The Bertz CT molecular complexity index is 857. The average Bonchev–Trinajstić information content (AvgIpc) is 2.64. The molecule has 2 rings (SSSR count). The highest BCUT2D eigenvalue weighted by Crippen LogP contribution is 2.33. The Morgan fingerprint density at radius 1 is 1.00 bits per heavy atom. The van der Waals surface area contributed by atoms with Crippen molar-refractivity contribution < 1.29 is 19.4 Å². The van der Waals surface area contributed by atoms with Crippen molar-refractivity contribution in [3.8, 4) is 5.75 Å². The Labute approximate surface area is 170 Å². The summed E-state index contributed by atoms with van der Waals surface area (Å²) in [4.78, 5) is 22.8. The number of rotatable bonds is 8. The van der Waals surface area contributed by atoms with Gasteiger partial charge >= 0.3 is 5.97 Å². The Morgan fingerprint density at radius 3 is 2.33 bits per heavy atom. The number of nitrogens with zero attached hydrogens (tertiary/aromatic N) is 1. The van der Waals surface area contributed by atoms with Gasteiger partial charge in [0.1, 0.15) is 5.75 Å². The van der Waals surface area contributed by atoms with Gasteiger partial charge in [0.15, 0.2) is 6.61 Å². The van der Waals surface area contributed by atoms with Gasteiger partial charge in [-0.05, 0) is 11.6 Å². The standard InChI is InChI=1S/C18H15Cl3N2O4/c19-12-8-14(21)16(9-13(12)20)27-10-17(24)23-22-15(6-7-18(25)26)11-4-2-1-3-5-11/h1-5,8-9H,6-7,10H2,(H,23,24)(H,25,26)/b22-15+. The molecule has 0 aliphatic rings. The minimum absolute atomic E-state index is 0.112. The predicted octanol–water partition coefficient (Wildman–Crippen LogP) is 4.41. The Hall–Kier alpha value is -2.28. The van der Waals surface area contributed by atoms with E-state index in [0.29, 0.717) is 11.3 Å². The van der Waals surface area contributed by atoms with Crippen molar-refractivity contribution in [2.24, 2.45) is 5.10 Å². The van der Waals surface area contributed by atoms with Gasteiger partial charge in [-0.1, -0.05) is 65.1 Å². The maximum Gasteiger partial charge on any atom is 0.303 e. The molecule has 0 saturated heterocycles. The summed E-state index contributed by atoms with van der Waals surface area (Å²) in [5.41, 5.74) is 3.51. The zero-order valence-electron chi connectivity index (χ0n) is 13.9. The second-order valence-corrected chi connectivity index (χ2v) is 6.56. The van der Waals surface area contributed by atoms with Gasteiger partial charge in [0.2, 0.25) is 0 Å². The summed E-state index contributed by atoms with van der Waals surface area (Å²) in [7, 11) is 0. The highest BCUT2D eigenvalue weighted by molar-refractivity contribution is 6.43. The molecule has 0 bridgehead atoms. The smallest absolute Gasteiger partial charge is 0.303 e. The Kier molecular flexibility index (Phi) is 7.91. The number of halogens is 3. The fourth-order valence-corrected chi connectivity index (χ4v) is 2.63. The molecule has 0 saturated carbocycles. The number of ether oxygens (including phenoxy) is 1. The SMILES string of the molecule is O=C(O)CC/C(=N\NC(=O)COc1cc(Cl)c(Cl)cc1Cl)c1ccccc1. The summed E-state index contributed by atoms with van der Waals surface area (Å²) < 4.78 is 5.32. The lowest BCUT2D eigenvalue weighted by molar-refractivity contribution is -0.136. The molecule has 0 spiro atoms. The van der Waals surface area contributed by atoms with E-state index >= 15 is 0 Å². The van der Waals surface area contributed by atoms with Crippen LogP contribution < -0.4 is 10.2 Å². The monoisotopic (exact) mass is 428 g/mol. The molecule has 0 radical (unpaired) electrons. The van der Waals surface area contributed by atoms with Crippen molar-refractivity contribution in [1.29, 1.82) is 0 Å². The molecule has 0 heterocycles. The number of carboxylic acids is 1. The van der Waals surface area contributed by atoms with E-state index in [2.05, 4.69) is 10.5 Å². The van der Waals surface area contributed by atoms with Gasteiger partial charge in [-0.15, -0.1) is 0 Å². The number of aliphatic carboxylic acids is 1. The Morgan fingerprint density at radius 2 is 1.67 bits per heavy atom. The van der Waals surface area contributed by atoms with E-state index in [1.807, 2.05) is 6.07 Å². The first kappa shape index (κ1) is 21.0. The predicted molar refractivity (Wildman–Crippen MR) is 105 cm³/mol. The summed E-state index contributed by atoms with van der Waals surface area (Å²) >= 11 is 17.7.